The second kappa shape index (κ2) is 7.55. The van der Waals surface area contributed by atoms with Crippen molar-refractivity contribution in [2.24, 2.45) is 0 Å². The lowest BCUT2D eigenvalue weighted by Crippen LogP contribution is -2.35. The molecule has 0 atom stereocenters. The summed E-state index contributed by atoms with van der Waals surface area (Å²) in [6.45, 7) is 5.20. The van der Waals surface area contributed by atoms with Gasteiger partial charge in [0, 0.05) is 32.0 Å². The molecule has 1 saturated heterocycles. The Labute approximate surface area is 137 Å². The number of hydrogen-bond donors (Lipinski definition) is 1. The van der Waals surface area contributed by atoms with Gasteiger partial charge in [-0.15, -0.1) is 0 Å². The molecule has 2 aromatic rings. The van der Waals surface area contributed by atoms with Gasteiger partial charge in [0.2, 0.25) is 11.8 Å². The number of piperidine rings is 1. The van der Waals surface area contributed by atoms with Crippen molar-refractivity contribution < 1.29 is 4.74 Å². The molecular weight excluding hydrogens is 290 g/mol. The molecular formula is C17H25N5O. The van der Waals surface area contributed by atoms with Gasteiger partial charge in [-0.3, -0.25) is 0 Å². The van der Waals surface area contributed by atoms with E-state index in [2.05, 4.69) is 39.1 Å². The molecule has 23 heavy (non-hydrogen) atoms. The van der Waals surface area contributed by atoms with Crippen LogP contribution >= 0.6 is 0 Å². The third-order valence-electron chi connectivity index (χ3n) is 4.23. The number of hydrogen-bond acceptors (Lipinski definition) is 6. The van der Waals surface area contributed by atoms with Gasteiger partial charge in [-0.05, 0) is 32.4 Å². The van der Waals surface area contributed by atoms with E-state index in [0.717, 1.165) is 56.2 Å². The summed E-state index contributed by atoms with van der Waals surface area (Å²) in [6, 6.07) is 1.91. The van der Waals surface area contributed by atoms with Gasteiger partial charge >= 0.3 is 0 Å². The van der Waals surface area contributed by atoms with Crippen molar-refractivity contribution in [1.82, 2.24) is 19.9 Å². The Balaban J connectivity index is 1.73. The zero-order valence-corrected chi connectivity index (χ0v) is 14.0. The molecule has 0 bridgehead atoms. The largest absolute Gasteiger partial charge is 0.474 e. The molecule has 6 heteroatoms. The highest BCUT2D eigenvalue weighted by molar-refractivity contribution is 5.83. The van der Waals surface area contributed by atoms with Crippen LogP contribution in [0.25, 0.3) is 10.9 Å². The summed E-state index contributed by atoms with van der Waals surface area (Å²) in [4.78, 5) is 15.7. The van der Waals surface area contributed by atoms with Crippen molar-refractivity contribution in [1.29, 1.82) is 0 Å². The van der Waals surface area contributed by atoms with Crippen molar-refractivity contribution in [3.63, 3.8) is 0 Å². The molecule has 3 heterocycles. The van der Waals surface area contributed by atoms with Crippen LogP contribution in [-0.4, -0.2) is 52.6 Å². The molecule has 0 aromatic carbocycles. The van der Waals surface area contributed by atoms with E-state index in [1.54, 1.807) is 6.20 Å². The third-order valence-corrected chi connectivity index (χ3v) is 4.23. The Bertz CT molecular complexity index is 640. The summed E-state index contributed by atoms with van der Waals surface area (Å²) in [6.07, 6.45) is 8.13. The van der Waals surface area contributed by atoms with E-state index in [-0.39, 0.29) is 6.10 Å². The Hall–Kier alpha value is -1.95. The number of unbranched alkanes of at least 4 members (excludes halogenated alkanes) is 1. The van der Waals surface area contributed by atoms with Gasteiger partial charge in [0.05, 0.1) is 10.9 Å². The molecule has 6 nitrogen and oxygen atoms in total. The second-order valence-electron chi connectivity index (χ2n) is 6.14. The monoisotopic (exact) mass is 315 g/mol. The topological polar surface area (TPSA) is 63.2 Å². The van der Waals surface area contributed by atoms with Gasteiger partial charge in [-0.25, -0.2) is 15.0 Å². The highest BCUT2D eigenvalue weighted by Crippen LogP contribution is 2.24. The SMILES string of the molecule is CCCCNc1ncc2c(OC3CCN(C)CC3)nccc2n1. The minimum Gasteiger partial charge on any atom is -0.474 e. The normalized spacial score (nSPS) is 16.6. The van der Waals surface area contributed by atoms with E-state index < -0.39 is 0 Å². The number of nitrogens with zero attached hydrogens (tertiary/aromatic N) is 4. The number of anilines is 1. The van der Waals surface area contributed by atoms with E-state index in [0.29, 0.717) is 11.8 Å². The fourth-order valence-corrected chi connectivity index (χ4v) is 2.75. The Morgan fingerprint density at radius 3 is 2.91 bits per heavy atom. The first-order chi connectivity index (χ1) is 11.3. The molecule has 0 saturated carbocycles. The van der Waals surface area contributed by atoms with Crippen molar-refractivity contribution in [2.75, 3.05) is 32.0 Å². The fraction of sp³-hybridized carbons (Fsp3) is 0.588. The molecule has 2 aromatic heterocycles. The minimum absolute atomic E-state index is 0.228. The van der Waals surface area contributed by atoms with Crippen LogP contribution in [0.5, 0.6) is 5.88 Å². The van der Waals surface area contributed by atoms with Crippen LogP contribution in [0.2, 0.25) is 0 Å². The van der Waals surface area contributed by atoms with Crippen molar-refractivity contribution in [3.8, 4) is 5.88 Å². The number of pyridine rings is 1. The quantitative estimate of drug-likeness (QED) is 0.827. The molecule has 0 unspecified atom stereocenters. The zero-order chi connectivity index (χ0) is 16.1. The molecule has 0 spiro atoms. The maximum Gasteiger partial charge on any atom is 0.224 e. The van der Waals surface area contributed by atoms with Gasteiger partial charge in [0.15, 0.2) is 0 Å². The average molecular weight is 315 g/mol. The first-order valence-electron chi connectivity index (χ1n) is 8.47. The van der Waals surface area contributed by atoms with Gasteiger partial charge < -0.3 is 15.0 Å². The third kappa shape index (κ3) is 4.07. The van der Waals surface area contributed by atoms with Crippen LogP contribution in [0.15, 0.2) is 18.5 Å². The first kappa shape index (κ1) is 15.9. The number of likely N-dealkylation sites (tertiary alicyclic amines) is 1. The van der Waals surface area contributed by atoms with Crippen LogP contribution < -0.4 is 10.1 Å². The molecule has 124 valence electrons. The molecule has 3 rings (SSSR count). The van der Waals surface area contributed by atoms with Crippen molar-refractivity contribution in [3.05, 3.63) is 18.5 Å². The van der Waals surface area contributed by atoms with Gasteiger partial charge in [-0.1, -0.05) is 13.3 Å². The molecule has 1 aliphatic rings. The molecule has 1 aliphatic heterocycles. The van der Waals surface area contributed by atoms with E-state index in [1.807, 2.05) is 12.3 Å². The van der Waals surface area contributed by atoms with Crippen LogP contribution in [0.4, 0.5) is 5.95 Å². The average Bonchev–Trinajstić information content (AvgIpc) is 2.57. The Kier molecular flexibility index (Phi) is 5.23. The van der Waals surface area contributed by atoms with E-state index in [1.165, 1.54) is 0 Å². The lowest BCUT2D eigenvalue weighted by atomic mass is 10.1. The number of fused-ring (bicyclic) bond motifs is 1. The standard InChI is InChI=1S/C17H25N5O/c1-3-4-8-19-17-20-12-14-15(21-17)5-9-18-16(14)23-13-6-10-22(2)11-7-13/h5,9,12-13H,3-4,6-8,10-11H2,1-2H3,(H,19,20,21). The molecule has 0 radical (unpaired) electrons. The van der Waals surface area contributed by atoms with Crippen molar-refractivity contribution >= 4 is 16.9 Å². The summed E-state index contributed by atoms with van der Waals surface area (Å²) < 4.78 is 6.12. The van der Waals surface area contributed by atoms with Gasteiger partial charge in [0.25, 0.3) is 0 Å². The highest BCUT2D eigenvalue weighted by atomic mass is 16.5. The number of nitrogens with one attached hydrogen (secondary N) is 1. The van der Waals surface area contributed by atoms with Crippen molar-refractivity contribution in [2.45, 2.75) is 38.7 Å². The molecule has 1 fully saturated rings. The van der Waals surface area contributed by atoms with E-state index in [9.17, 15) is 0 Å². The predicted octanol–water partition coefficient (Wildman–Crippen LogP) is 2.71. The zero-order valence-electron chi connectivity index (χ0n) is 14.0. The smallest absolute Gasteiger partial charge is 0.224 e. The maximum atomic E-state index is 6.12. The van der Waals surface area contributed by atoms with E-state index >= 15 is 0 Å². The summed E-state index contributed by atoms with van der Waals surface area (Å²) in [5.74, 6) is 1.32. The molecule has 1 N–H and O–H groups in total. The van der Waals surface area contributed by atoms with Gasteiger partial charge in [0.1, 0.15) is 6.10 Å². The summed E-state index contributed by atoms with van der Waals surface area (Å²) in [7, 11) is 2.15. The highest BCUT2D eigenvalue weighted by Gasteiger charge is 2.19. The lowest BCUT2D eigenvalue weighted by molar-refractivity contribution is 0.111. The Morgan fingerprint density at radius 1 is 1.30 bits per heavy atom. The number of aromatic nitrogens is 3. The van der Waals surface area contributed by atoms with Crippen LogP contribution in [0.1, 0.15) is 32.6 Å². The molecule has 0 amide bonds. The van der Waals surface area contributed by atoms with E-state index in [4.69, 9.17) is 4.74 Å². The predicted molar refractivity (Wildman–Crippen MR) is 91.9 cm³/mol. The van der Waals surface area contributed by atoms with Crippen LogP contribution in [0, 0.1) is 0 Å². The summed E-state index contributed by atoms with van der Waals surface area (Å²) >= 11 is 0. The fourth-order valence-electron chi connectivity index (χ4n) is 2.75. The lowest BCUT2D eigenvalue weighted by Gasteiger charge is -2.29. The number of rotatable bonds is 6. The number of ether oxygens (including phenoxy) is 1. The molecule has 0 aliphatic carbocycles. The van der Waals surface area contributed by atoms with Crippen LogP contribution in [0.3, 0.4) is 0 Å². The second-order valence-corrected chi connectivity index (χ2v) is 6.14. The first-order valence-corrected chi connectivity index (χ1v) is 8.47. The summed E-state index contributed by atoms with van der Waals surface area (Å²) in [5.41, 5.74) is 0.872. The van der Waals surface area contributed by atoms with Crippen LogP contribution in [-0.2, 0) is 0 Å². The van der Waals surface area contributed by atoms with Gasteiger partial charge in [-0.2, -0.15) is 0 Å². The Morgan fingerprint density at radius 2 is 2.13 bits per heavy atom. The minimum atomic E-state index is 0.228. The summed E-state index contributed by atoms with van der Waals surface area (Å²) in [5, 5.41) is 4.14. The maximum absolute atomic E-state index is 6.12.